The Kier molecular flexibility index (Phi) is 5.80. The standard InChI is InChI=1S/C15H18N2O5/c1-5-16(9-10(2)3)14(18)11-6-12(15(19)22-4)8-13(7-11)17(20)21/h6-8H,2,5,9H2,1,3-4H3. The zero-order chi connectivity index (χ0) is 16.9. The summed E-state index contributed by atoms with van der Waals surface area (Å²) in [6.45, 7) is 8.08. The Morgan fingerprint density at radius 2 is 1.91 bits per heavy atom. The van der Waals surface area contributed by atoms with Gasteiger partial charge in [-0.05, 0) is 19.9 Å². The number of nitro groups is 1. The fraction of sp³-hybridized carbons (Fsp3) is 0.333. The molecule has 0 unspecified atom stereocenters. The van der Waals surface area contributed by atoms with Crippen LogP contribution in [0.15, 0.2) is 30.4 Å². The van der Waals surface area contributed by atoms with E-state index < -0.39 is 16.8 Å². The number of nitrogens with zero attached hydrogens (tertiary/aromatic N) is 2. The molecule has 118 valence electrons. The van der Waals surface area contributed by atoms with Crippen molar-refractivity contribution in [2.45, 2.75) is 13.8 Å². The summed E-state index contributed by atoms with van der Waals surface area (Å²) in [5, 5.41) is 11.0. The number of ether oxygens (including phenoxy) is 1. The van der Waals surface area contributed by atoms with Crippen molar-refractivity contribution in [3.05, 3.63) is 51.6 Å². The molecular formula is C15H18N2O5. The Morgan fingerprint density at radius 1 is 1.32 bits per heavy atom. The van der Waals surface area contributed by atoms with Crippen molar-refractivity contribution in [2.24, 2.45) is 0 Å². The number of hydrogen-bond donors (Lipinski definition) is 0. The molecule has 0 spiro atoms. The van der Waals surface area contributed by atoms with Crippen LogP contribution in [0.5, 0.6) is 0 Å². The van der Waals surface area contributed by atoms with Crippen LogP contribution in [0, 0.1) is 10.1 Å². The van der Waals surface area contributed by atoms with Crippen LogP contribution in [0.1, 0.15) is 34.6 Å². The zero-order valence-corrected chi connectivity index (χ0v) is 12.8. The maximum absolute atomic E-state index is 12.5. The quantitative estimate of drug-likeness (QED) is 0.348. The molecule has 0 aromatic heterocycles. The SMILES string of the molecule is C=C(C)CN(CC)C(=O)c1cc(C(=O)OC)cc([N+](=O)[O-])c1. The van der Waals surface area contributed by atoms with Gasteiger partial charge in [-0.15, -0.1) is 0 Å². The lowest BCUT2D eigenvalue weighted by Gasteiger charge is -2.21. The first-order chi connectivity index (χ1) is 10.3. The number of benzene rings is 1. The second kappa shape index (κ2) is 7.35. The molecule has 0 radical (unpaired) electrons. The van der Waals surface area contributed by atoms with Gasteiger partial charge in [0.05, 0.1) is 17.6 Å². The van der Waals surface area contributed by atoms with E-state index in [0.29, 0.717) is 13.1 Å². The number of carbonyl (C=O) groups excluding carboxylic acids is 2. The van der Waals surface area contributed by atoms with Crippen LogP contribution in [0.25, 0.3) is 0 Å². The number of methoxy groups -OCH3 is 1. The summed E-state index contributed by atoms with van der Waals surface area (Å²) in [5.74, 6) is -1.14. The second-order valence-corrected chi connectivity index (χ2v) is 4.79. The zero-order valence-electron chi connectivity index (χ0n) is 12.8. The number of likely N-dealkylation sites (N-methyl/N-ethyl adjacent to an activating group) is 1. The highest BCUT2D eigenvalue weighted by Crippen LogP contribution is 2.19. The van der Waals surface area contributed by atoms with E-state index in [2.05, 4.69) is 11.3 Å². The first kappa shape index (κ1) is 17.4. The van der Waals surface area contributed by atoms with Crippen molar-refractivity contribution in [1.29, 1.82) is 0 Å². The minimum atomic E-state index is -0.735. The number of nitro benzene ring substituents is 1. The Morgan fingerprint density at radius 3 is 2.36 bits per heavy atom. The molecule has 0 saturated carbocycles. The summed E-state index contributed by atoms with van der Waals surface area (Å²) in [6, 6.07) is 3.52. The minimum absolute atomic E-state index is 0.0357. The largest absolute Gasteiger partial charge is 0.465 e. The van der Waals surface area contributed by atoms with E-state index in [4.69, 9.17) is 0 Å². The maximum atomic E-state index is 12.5. The highest BCUT2D eigenvalue weighted by atomic mass is 16.6. The molecule has 0 atom stereocenters. The molecule has 0 heterocycles. The summed E-state index contributed by atoms with van der Waals surface area (Å²) >= 11 is 0. The van der Waals surface area contributed by atoms with Gasteiger partial charge in [0.2, 0.25) is 0 Å². The van der Waals surface area contributed by atoms with Crippen LogP contribution in [-0.2, 0) is 4.74 Å². The average molecular weight is 306 g/mol. The topological polar surface area (TPSA) is 89.8 Å². The molecule has 1 aromatic carbocycles. The Balaban J connectivity index is 3.29. The van der Waals surface area contributed by atoms with Crippen LogP contribution >= 0.6 is 0 Å². The molecule has 1 rings (SSSR count). The Bertz CT molecular complexity index is 624. The maximum Gasteiger partial charge on any atom is 0.338 e. The number of carbonyl (C=O) groups is 2. The fourth-order valence-corrected chi connectivity index (χ4v) is 1.91. The first-order valence-electron chi connectivity index (χ1n) is 6.61. The van der Waals surface area contributed by atoms with Crippen LogP contribution in [0.3, 0.4) is 0 Å². The summed E-state index contributed by atoms with van der Waals surface area (Å²) in [4.78, 5) is 35.9. The monoisotopic (exact) mass is 306 g/mol. The van der Waals surface area contributed by atoms with Gasteiger partial charge >= 0.3 is 5.97 Å². The highest BCUT2D eigenvalue weighted by molar-refractivity contribution is 5.99. The molecule has 0 aliphatic carbocycles. The molecule has 7 nitrogen and oxygen atoms in total. The van der Waals surface area contributed by atoms with Crippen molar-refractivity contribution >= 4 is 17.6 Å². The van der Waals surface area contributed by atoms with Gasteiger partial charge in [0.15, 0.2) is 0 Å². The smallest absolute Gasteiger partial charge is 0.338 e. The number of hydrogen-bond acceptors (Lipinski definition) is 5. The highest BCUT2D eigenvalue weighted by Gasteiger charge is 2.21. The van der Waals surface area contributed by atoms with Gasteiger partial charge in [-0.3, -0.25) is 14.9 Å². The summed E-state index contributed by atoms with van der Waals surface area (Å²) < 4.78 is 4.56. The molecule has 1 amide bonds. The van der Waals surface area contributed by atoms with E-state index in [9.17, 15) is 19.7 Å². The predicted octanol–water partition coefficient (Wildman–Crippen LogP) is 2.42. The molecule has 22 heavy (non-hydrogen) atoms. The Hall–Kier alpha value is -2.70. The molecule has 0 saturated heterocycles. The number of amides is 1. The van der Waals surface area contributed by atoms with E-state index in [0.717, 1.165) is 17.7 Å². The summed E-state index contributed by atoms with van der Waals surface area (Å²) in [6.07, 6.45) is 0. The van der Waals surface area contributed by atoms with Crippen molar-refractivity contribution < 1.29 is 19.2 Å². The molecule has 0 aliphatic heterocycles. The fourth-order valence-electron chi connectivity index (χ4n) is 1.91. The molecule has 7 heteroatoms. The molecule has 0 aliphatic rings. The van der Waals surface area contributed by atoms with Crippen LogP contribution in [-0.4, -0.2) is 41.9 Å². The van der Waals surface area contributed by atoms with Gasteiger partial charge in [0.1, 0.15) is 0 Å². The summed E-state index contributed by atoms with van der Waals surface area (Å²) in [7, 11) is 1.17. The third-order valence-corrected chi connectivity index (χ3v) is 2.93. The lowest BCUT2D eigenvalue weighted by atomic mass is 10.1. The van der Waals surface area contributed by atoms with Gasteiger partial charge in [0.25, 0.3) is 11.6 Å². The minimum Gasteiger partial charge on any atom is -0.465 e. The van der Waals surface area contributed by atoms with Crippen molar-refractivity contribution in [1.82, 2.24) is 4.90 Å². The lowest BCUT2D eigenvalue weighted by Crippen LogP contribution is -2.32. The van der Waals surface area contributed by atoms with Crippen molar-refractivity contribution in [2.75, 3.05) is 20.2 Å². The first-order valence-corrected chi connectivity index (χ1v) is 6.61. The van der Waals surface area contributed by atoms with Crippen LogP contribution < -0.4 is 0 Å². The Labute approximate surface area is 128 Å². The number of esters is 1. The molecule has 1 aromatic rings. The van der Waals surface area contributed by atoms with E-state index in [-0.39, 0.29) is 16.8 Å². The normalized spacial score (nSPS) is 9.95. The van der Waals surface area contributed by atoms with E-state index in [1.807, 2.05) is 0 Å². The van der Waals surface area contributed by atoms with Gasteiger partial charge in [0, 0.05) is 30.8 Å². The average Bonchev–Trinajstić information content (AvgIpc) is 2.50. The van der Waals surface area contributed by atoms with Crippen molar-refractivity contribution in [3.8, 4) is 0 Å². The van der Waals surface area contributed by atoms with E-state index >= 15 is 0 Å². The van der Waals surface area contributed by atoms with Crippen LogP contribution in [0.2, 0.25) is 0 Å². The number of non-ortho nitro benzene ring substituents is 1. The molecule has 0 bridgehead atoms. The lowest BCUT2D eigenvalue weighted by molar-refractivity contribution is -0.384. The van der Waals surface area contributed by atoms with E-state index in [1.165, 1.54) is 18.1 Å². The molecule has 0 fully saturated rings. The predicted molar refractivity (Wildman–Crippen MR) is 80.8 cm³/mol. The van der Waals surface area contributed by atoms with Gasteiger partial charge in [-0.25, -0.2) is 4.79 Å². The van der Waals surface area contributed by atoms with Gasteiger partial charge in [-0.1, -0.05) is 12.2 Å². The van der Waals surface area contributed by atoms with E-state index in [1.54, 1.807) is 13.8 Å². The van der Waals surface area contributed by atoms with Crippen LogP contribution in [0.4, 0.5) is 5.69 Å². The third-order valence-electron chi connectivity index (χ3n) is 2.93. The second-order valence-electron chi connectivity index (χ2n) is 4.79. The number of rotatable bonds is 6. The van der Waals surface area contributed by atoms with Gasteiger partial charge < -0.3 is 9.64 Å². The molecule has 0 N–H and O–H groups in total. The third kappa shape index (κ3) is 4.15. The molecular weight excluding hydrogens is 288 g/mol. The summed E-state index contributed by atoms with van der Waals surface area (Å²) in [5.41, 5.74) is 0.482. The van der Waals surface area contributed by atoms with Gasteiger partial charge in [-0.2, -0.15) is 0 Å². The van der Waals surface area contributed by atoms with Crippen molar-refractivity contribution in [3.63, 3.8) is 0 Å².